The van der Waals surface area contributed by atoms with E-state index in [2.05, 4.69) is 21.4 Å². The van der Waals surface area contributed by atoms with Crippen LogP contribution in [0, 0.1) is 11.3 Å². The Morgan fingerprint density at radius 3 is 3.12 bits per heavy atom. The molecule has 0 atom stereocenters. The molecule has 1 aromatic heterocycles. The number of aliphatic imine (C=N–C) groups is 1. The Bertz CT molecular complexity index is 484. The minimum atomic E-state index is 0.481. The van der Waals surface area contributed by atoms with Gasteiger partial charge in [0.2, 0.25) is 0 Å². The van der Waals surface area contributed by atoms with Crippen LogP contribution in [0.15, 0.2) is 11.2 Å². The number of aromatic nitrogens is 1. The van der Waals surface area contributed by atoms with Gasteiger partial charge in [0.15, 0.2) is 5.82 Å². The van der Waals surface area contributed by atoms with Crippen molar-refractivity contribution in [2.75, 3.05) is 26.0 Å². The fourth-order valence-electron chi connectivity index (χ4n) is 1.80. The summed E-state index contributed by atoms with van der Waals surface area (Å²) in [6, 6.07) is 2.19. The highest BCUT2D eigenvalue weighted by molar-refractivity contribution is 5.73. The summed E-state index contributed by atoms with van der Waals surface area (Å²) in [4.78, 5) is 10.3. The van der Waals surface area contributed by atoms with Crippen LogP contribution in [0.25, 0.3) is 0 Å². The second kappa shape index (κ2) is 4.83. The molecule has 1 aliphatic heterocycles. The zero-order valence-electron chi connectivity index (χ0n) is 10.1. The fourth-order valence-corrected chi connectivity index (χ4v) is 1.80. The summed E-state index contributed by atoms with van der Waals surface area (Å²) in [5.74, 6) is 0.481. The van der Waals surface area contributed by atoms with E-state index in [9.17, 15) is 5.26 Å². The van der Waals surface area contributed by atoms with E-state index in [1.54, 1.807) is 6.34 Å². The highest BCUT2D eigenvalue weighted by atomic mass is 15.1. The van der Waals surface area contributed by atoms with Crippen LogP contribution < -0.4 is 5.32 Å². The van der Waals surface area contributed by atoms with Gasteiger partial charge in [-0.15, -0.1) is 0 Å². The molecule has 0 radical (unpaired) electrons. The number of anilines is 1. The van der Waals surface area contributed by atoms with Gasteiger partial charge >= 0.3 is 0 Å². The van der Waals surface area contributed by atoms with Crippen LogP contribution in [0.4, 0.5) is 11.5 Å². The minimum Gasteiger partial charge on any atom is -0.384 e. The smallest absolute Gasteiger partial charge is 0.173 e. The zero-order chi connectivity index (χ0) is 12.3. The standard InChI is InChI=1S/C12H15N5/c1-17(2)8-16-12-10(6-13)11-9(7-15-12)4-3-5-14-11/h7-8,14H,3-5H2,1-2H3. The number of hydrogen-bond donors (Lipinski definition) is 1. The van der Waals surface area contributed by atoms with Gasteiger partial charge < -0.3 is 10.2 Å². The monoisotopic (exact) mass is 229 g/mol. The molecule has 1 aromatic rings. The molecular formula is C12H15N5. The molecule has 0 spiro atoms. The molecule has 0 bridgehead atoms. The van der Waals surface area contributed by atoms with Crippen LogP contribution in [0.2, 0.25) is 0 Å². The highest BCUT2D eigenvalue weighted by Gasteiger charge is 2.16. The van der Waals surface area contributed by atoms with Crippen molar-refractivity contribution in [3.05, 3.63) is 17.3 Å². The van der Waals surface area contributed by atoms with Crippen molar-refractivity contribution in [3.8, 4) is 6.07 Å². The Labute approximate surface area is 101 Å². The van der Waals surface area contributed by atoms with E-state index in [0.29, 0.717) is 11.4 Å². The number of nitriles is 1. The Balaban J connectivity index is 2.44. The summed E-state index contributed by atoms with van der Waals surface area (Å²) in [6.07, 6.45) is 5.52. The number of hydrogen-bond acceptors (Lipinski definition) is 4. The average Bonchev–Trinajstić information content (AvgIpc) is 2.35. The number of nitrogens with one attached hydrogen (secondary N) is 1. The van der Waals surface area contributed by atoms with Gasteiger partial charge in [-0.05, 0) is 18.4 Å². The molecular weight excluding hydrogens is 214 g/mol. The minimum absolute atomic E-state index is 0.481. The first-order valence-electron chi connectivity index (χ1n) is 5.59. The molecule has 0 fully saturated rings. The lowest BCUT2D eigenvalue weighted by Crippen LogP contribution is -2.14. The molecule has 0 aromatic carbocycles. The molecule has 0 saturated carbocycles. The number of pyridine rings is 1. The van der Waals surface area contributed by atoms with Crippen molar-refractivity contribution in [1.29, 1.82) is 5.26 Å². The first-order chi connectivity index (χ1) is 8.22. The van der Waals surface area contributed by atoms with Gasteiger partial charge in [0, 0.05) is 26.8 Å². The van der Waals surface area contributed by atoms with E-state index in [0.717, 1.165) is 30.6 Å². The number of aryl methyl sites for hydroxylation is 1. The van der Waals surface area contributed by atoms with E-state index in [4.69, 9.17) is 0 Å². The van der Waals surface area contributed by atoms with Crippen molar-refractivity contribution < 1.29 is 0 Å². The maximum absolute atomic E-state index is 9.22. The van der Waals surface area contributed by atoms with Gasteiger partial charge in [-0.1, -0.05) is 0 Å². The van der Waals surface area contributed by atoms with Crippen LogP contribution in [0.1, 0.15) is 17.5 Å². The quantitative estimate of drug-likeness (QED) is 0.617. The molecule has 0 unspecified atom stereocenters. The Kier molecular flexibility index (Phi) is 3.24. The number of rotatable bonds is 2. The Morgan fingerprint density at radius 1 is 1.59 bits per heavy atom. The largest absolute Gasteiger partial charge is 0.384 e. The highest BCUT2D eigenvalue weighted by Crippen LogP contribution is 2.30. The lowest BCUT2D eigenvalue weighted by Gasteiger charge is -2.19. The summed E-state index contributed by atoms with van der Waals surface area (Å²) in [5.41, 5.74) is 2.55. The van der Waals surface area contributed by atoms with Crippen molar-refractivity contribution in [2.24, 2.45) is 4.99 Å². The Hall–Kier alpha value is -2.09. The van der Waals surface area contributed by atoms with Crippen molar-refractivity contribution >= 4 is 17.8 Å². The maximum atomic E-state index is 9.22. The molecule has 5 nitrogen and oxygen atoms in total. The van der Waals surface area contributed by atoms with Crippen LogP contribution in [-0.4, -0.2) is 36.9 Å². The van der Waals surface area contributed by atoms with Crippen LogP contribution >= 0.6 is 0 Å². The molecule has 2 heterocycles. The molecule has 1 aliphatic rings. The fraction of sp³-hybridized carbons (Fsp3) is 0.417. The van der Waals surface area contributed by atoms with Gasteiger partial charge in [0.1, 0.15) is 11.6 Å². The van der Waals surface area contributed by atoms with Gasteiger partial charge in [0.05, 0.1) is 12.0 Å². The summed E-state index contributed by atoms with van der Waals surface area (Å²) in [6.45, 7) is 0.905. The third kappa shape index (κ3) is 2.36. The van der Waals surface area contributed by atoms with E-state index >= 15 is 0 Å². The van der Waals surface area contributed by atoms with Gasteiger partial charge in [-0.3, -0.25) is 0 Å². The first kappa shape index (κ1) is 11.4. The summed E-state index contributed by atoms with van der Waals surface area (Å²) in [7, 11) is 3.76. The molecule has 1 N–H and O–H groups in total. The van der Waals surface area contributed by atoms with E-state index < -0.39 is 0 Å². The van der Waals surface area contributed by atoms with E-state index in [1.165, 1.54) is 0 Å². The van der Waals surface area contributed by atoms with Gasteiger partial charge in [-0.25, -0.2) is 9.98 Å². The third-order valence-corrected chi connectivity index (χ3v) is 2.58. The van der Waals surface area contributed by atoms with Crippen LogP contribution in [0.3, 0.4) is 0 Å². The second-order valence-corrected chi connectivity index (χ2v) is 4.21. The van der Waals surface area contributed by atoms with E-state index in [1.807, 2.05) is 25.2 Å². The normalized spacial score (nSPS) is 13.9. The topological polar surface area (TPSA) is 64.3 Å². The maximum Gasteiger partial charge on any atom is 0.173 e. The Morgan fingerprint density at radius 2 is 2.41 bits per heavy atom. The number of nitrogens with zero attached hydrogens (tertiary/aromatic N) is 4. The number of fused-ring (bicyclic) bond motifs is 1. The van der Waals surface area contributed by atoms with Crippen LogP contribution in [0.5, 0.6) is 0 Å². The van der Waals surface area contributed by atoms with Crippen molar-refractivity contribution in [1.82, 2.24) is 9.88 Å². The SMILES string of the molecule is CN(C)C=Nc1ncc2c(c1C#N)NCCC2. The lowest BCUT2D eigenvalue weighted by molar-refractivity contribution is 0.643. The predicted molar refractivity (Wildman–Crippen MR) is 67.6 cm³/mol. The van der Waals surface area contributed by atoms with Crippen molar-refractivity contribution in [2.45, 2.75) is 12.8 Å². The first-order valence-corrected chi connectivity index (χ1v) is 5.59. The average molecular weight is 229 g/mol. The molecule has 5 heteroatoms. The summed E-state index contributed by atoms with van der Waals surface area (Å²) in [5, 5.41) is 12.5. The van der Waals surface area contributed by atoms with E-state index in [-0.39, 0.29) is 0 Å². The summed E-state index contributed by atoms with van der Waals surface area (Å²) >= 11 is 0. The molecule has 0 amide bonds. The van der Waals surface area contributed by atoms with Gasteiger partial charge in [0.25, 0.3) is 0 Å². The summed E-state index contributed by atoms with van der Waals surface area (Å²) < 4.78 is 0. The zero-order valence-corrected chi connectivity index (χ0v) is 10.1. The lowest BCUT2D eigenvalue weighted by atomic mass is 10.0. The molecule has 88 valence electrons. The molecule has 17 heavy (non-hydrogen) atoms. The molecule has 0 aliphatic carbocycles. The van der Waals surface area contributed by atoms with Crippen LogP contribution in [-0.2, 0) is 6.42 Å². The second-order valence-electron chi connectivity index (χ2n) is 4.21. The van der Waals surface area contributed by atoms with Gasteiger partial charge in [-0.2, -0.15) is 5.26 Å². The predicted octanol–water partition coefficient (Wildman–Crippen LogP) is 1.53. The molecule has 0 saturated heterocycles. The van der Waals surface area contributed by atoms with Crippen molar-refractivity contribution in [3.63, 3.8) is 0 Å². The third-order valence-electron chi connectivity index (χ3n) is 2.58. The molecule has 2 rings (SSSR count).